The van der Waals surface area contributed by atoms with E-state index in [4.69, 9.17) is 10.5 Å². The Kier molecular flexibility index (Phi) is 4.63. The van der Waals surface area contributed by atoms with Gasteiger partial charge < -0.3 is 10.5 Å². The molecule has 0 aliphatic carbocycles. The maximum atomic E-state index is 12.8. The summed E-state index contributed by atoms with van der Waals surface area (Å²) in [4.78, 5) is 0.823. The van der Waals surface area contributed by atoms with Crippen LogP contribution in [0.15, 0.2) is 47.4 Å². The standard InChI is InChI=1S/C14H13F2NOS/c15-10-1-4-12(5-2-10)18-7-8-19-14-6-3-11(16)9-13(14)17/h1-6,9H,7-8,17H2. The lowest BCUT2D eigenvalue weighted by atomic mass is 10.3. The van der Waals surface area contributed by atoms with Gasteiger partial charge in [-0.05, 0) is 42.5 Å². The minimum absolute atomic E-state index is 0.291. The van der Waals surface area contributed by atoms with Crippen molar-refractivity contribution < 1.29 is 13.5 Å². The van der Waals surface area contributed by atoms with Gasteiger partial charge in [-0.3, -0.25) is 0 Å². The summed E-state index contributed by atoms with van der Waals surface area (Å²) in [7, 11) is 0. The van der Waals surface area contributed by atoms with Crippen LogP contribution in [0, 0.1) is 11.6 Å². The lowest BCUT2D eigenvalue weighted by Crippen LogP contribution is -2.00. The molecule has 0 aliphatic heterocycles. The van der Waals surface area contributed by atoms with Crippen molar-refractivity contribution in [3.8, 4) is 5.75 Å². The van der Waals surface area contributed by atoms with E-state index in [2.05, 4.69) is 0 Å². The summed E-state index contributed by atoms with van der Waals surface area (Å²) >= 11 is 1.49. The van der Waals surface area contributed by atoms with Crippen LogP contribution in [0.1, 0.15) is 0 Å². The van der Waals surface area contributed by atoms with Crippen molar-refractivity contribution in [2.45, 2.75) is 4.90 Å². The zero-order chi connectivity index (χ0) is 13.7. The largest absolute Gasteiger partial charge is 0.493 e. The van der Waals surface area contributed by atoms with Gasteiger partial charge >= 0.3 is 0 Å². The molecule has 2 aromatic rings. The third-order valence-corrected chi connectivity index (χ3v) is 3.45. The van der Waals surface area contributed by atoms with E-state index in [-0.39, 0.29) is 11.6 Å². The van der Waals surface area contributed by atoms with Crippen molar-refractivity contribution in [3.63, 3.8) is 0 Å². The molecular weight excluding hydrogens is 268 g/mol. The lowest BCUT2D eigenvalue weighted by molar-refractivity contribution is 0.343. The molecule has 2 N–H and O–H groups in total. The number of halogens is 2. The number of benzene rings is 2. The summed E-state index contributed by atoms with van der Waals surface area (Å²) in [5.41, 5.74) is 6.11. The van der Waals surface area contributed by atoms with Crippen LogP contribution in [0.25, 0.3) is 0 Å². The fourth-order valence-electron chi connectivity index (χ4n) is 1.49. The molecule has 0 amide bonds. The minimum Gasteiger partial charge on any atom is -0.493 e. The highest BCUT2D eigenvalue weighted by atomic mass is 32.2. The number of hydrogen-bond acceptors (Lipinski definition) is 3. The fraction of sp³-hybridized carbons (Fsp3) is 0.143. The Balaban J connectivity index is 1.79. The van der Waals surface area contributed by atoms with Gasteiger partial charge in [-0.15, -0.1) is 11.8 Å². The van der Waals surface area contributed by atoms with Gasteiger partial charge in [-0.2, -0.15) is 0 Å². The SMILES string of the molecule is Nc1cc(F)ccc1SCCOc1ccc(F)cc1. The number of nitrogens with two attached hydrogens (primary N) is 1. The molecule has 2 aromatic carbocycles. The summed E-state index contributed by atoms with van der Waals surface area (Å²) in [6.07, 6.45) is 0. The van der Waals surface area contributed by atoms with Crippen LogP contribution < -0.4 is 10.5 Å². The average Bonchev–Trinajstić information content (AvgIpc) is 2.39. The molecule has 100 valence electrons. The van der Waals surface area contributed by atoms with Gasteiger partial charge in [0.25, 0.3) is 0 Å². The van der Waals surface area contributed by atoms with Gasteiger partial charge in [0.2, 0.25) is 0 Å². The molecule has 5 heteroatoms. The molecule has 0 saturated heterocycles. The van der Waals surface area contributed by atoms with Crippen LogP contribution in [0.5, 0.6) is 5.75 Å². The van der Waals surface area contributed by atoms with Gasteiger partial charge in [0, 0.05) is 16.3 Å². The maximum absolute atomic E-state index is 12.8. The Morgan fingerprint density at radius 3 is 2.37 bits per heavy atom. The Bertz CT molecular complexity index is 546. The zero-order valence-electron chi connectivity index (χ0n) is 10.1. The Morgan fingerprint density at radius 2 is 1.68 bits per heavy atom. The van der Waals surface area contributed by atoms with E-state index in [9.17, 15) is 8.78 Å². The average molecular weight is 281 g/mol. The monoisotopic (exact) mass is 281 g/mol. The zero-order valence-corrected chi connectivity index (χ0v) is 10.9. The highest BCUT2D eigenvalue weighted by Gasteiger charge is 2.02. The first kappa shape index (κ1) is 13.7. The summed E-state index contributed by atoms with van der Waals surface area (Å²) in [5, 5.41) is 0. The van der Waals surface area contributed by atoms with Crippen LogP contribution >= 0.6 is 11.8 Å². The van der Waals surface area contributed by atoms with Crippen LogP contribution in [-0.2, 0) is 0 Å². The van der Waals surface area contributed by atoms with E-state index < -0.39 is 0 Å². The van der Waals surface area contributed by atoms with E-state index in [0.717, 1.165) is 4.90 Å². The molecule has 0 atom stereocenters. The predicted molar refractivity (Wildman–Crippen MR) is 73.4 cm³/mol. The number of rotatable bonds is 5. The van der Waals surface area contributed by atoms with Gasteiger partial charge in [0.1, 0.15) is 17.4 Å². The van der Waals surface area contributed by atoms with Crippen molar-refractivity contribution in [1.82, 2.24) is 0 Å². The third kappa shape index (κ3) is 4.13. The molecule has 19 heavy (non-hydrogen) atoms. The van der Waals surface area contributed by atoms with Crippen molar-refractivity contribution >= 4 is 17.4 Å². The summed E-state index contributed by atoms with van der Waals surface area (Å²) < 4.78 is 31.0. The lowest BCUT2D eigenvalue weighted by Gasteiger charge is -2.07. The van der Waals surface area contributed by atoms with Crippen molar-refractivity contribution in [3.05, 3.63) is 54.1 Å². The molecule has 0 heterocycles. The first-order valence-electron chi connectivity index (χ1n) is 5.71. The molecule has 0 unspecified atom stereocenters. The Labute approximate surface area is 114 Å². The van der Waals surface area contributed by atoms with E-state index in [1.807, 2.05) is 0 Å². The highest BCUT2D eigenvalue weighted by molar-refractivity contribution is 7.99. The minimum atomic E-state index is -0.343. The predicted octanol–water partition coefficient (Wildman–Crippen LogP) is 3.72. The Morgan fingerprint density at radius 1 is 1.00 bits per heavy atom. The normalized spacial score (nSPS) is 10.4. The van der Waals surface area contributed by atoms with E-state index in [1.165, 1.54) is 36.0 Å². The Hall–Kier alpha value is -1.75. The molecule has 0 radical (unpaired) electrons. The molecular formula is C14H13F2NOS. The second-order valence-corrected chi connectivity index (χ2v) is 4.97. The van der Waals surface area contributed by atoms with Gasteiger partial charge in [-0.1, -0.05) is 0 Å². The summed E-state index contributed by atoms with van der Waals surface area (Å²) in [6, 6.07) is 10.2. The topological polar surface area (TPSA) is 35.2 Å². The smallest absolute Gasteiger partial charge is 0.125 e. The van der Waals surface area contributed by atoms with Crippen molar-refractivity contribution in [2.75, 3.05) is 18.1 Å². The van der Waals surface area contributed by atoms with Crippen molar-refractivity contribution in [2.24, 2.45) is 0 Å². The van der Waals surface area contributed by atoms with Crippen molar-refractivity contribution in [1.29, 1.82) is 0 Å². The van der Waals surface area contributed by atoms with Crippen LogP contribution in [0.3, 0.4) is 0 Å². The van der Waals surface area contributed by atoms with Gasteiger partial charge in [-0.25, -0.2) is 8.78 Å². The highest BCUT2D eigenvalue weighted by Crippen LogP contribution is 2.25. The number of thioether (sulfide) groups is 1. The molecule has 0 spiro atoms. The number of nitrogen functional groups attached to an aromatic ring is 1. The van der Waals surface area contributed by atoms with Gasteiger partial charge in [0.15, 0.2) is 0 Å². The van der Waals surface area contributed by atoms with E-state index >= 15 is 0 Å². The molecule has 0 saturated carbocycles. The third-order valence-electron chi connectivity index (χ3n) is 2.40. The molecule has 2 nitrogen and oxygen atoms in total. The molecule has 0 aliphatic rings. The molecule has 0 bridgehead atoms. The number of ether oxygens (including phenoxy) is 1. The molecule has 0 aromatic heterocycles. The van der Waals surface area contributed by atoms with Crippen LogP contribution in [0.2, 0.25) is 0 Å². The summed E-state index contributed by atoms with van der Waals surface area (Å²) in [5.74, 6) is 0.659. The second kappa shape index (κ2) is 6.43. The summed E-state index contributed by atoms with van der Waals surface area (Å²) in [6.45, 7) is 0.465. The second-order valence-electron chi connectivity index (χ2n) is 3.83. The van der Waals surface area contributed by atoms with E-state index in [1.54, 1.807) is 18.2 Å². The van der Waals surface area contributed by atoms with E-state index in [0.29, 0.717) is 23.8 Å². The fourth-order valence-corrected chi connectivity index (χ4v) is 2.27. The maximum Gasteiger partial charge on any atom is 0.125 e. The quantitative estimate of drug-likeness (QED) is 0.515. The van der Waals surface area contributed by atoms with Gasteiger partial charge in [0.05, 0.1) is 6.61 Å². The first-order valence-corrected chi connectivity index (χ1v) is 6.70. The number of hydrogen-bond donors (Lipinski definition) is 1. The number of anilines is 1. The molecule has 2 rings (SSSR count). The van der Waals surface area contributed by atoms with Crippen LogP contribution in [-0.4, -0.2) is 12.4 Å². The first-order chi connectivity index (χ1) is 9.15. The van der Waals surface area contributed by atoms with Crippen LogP contribution in [0.4, 0.5) is 14.5 Å². The molecule has 0 fully saturated rings.